The fourth-order valence-corrected chi connectivity index (χ4v) is 9.22. The highest BCUT2D eigenvalue weighted by molar-refractivity contribution is 6.00. The van der Waals surface area contributed by atoms with Gasteiger partial charge in [0.15, 0.2) is 5.96 Å². The standard InChI is InChI=1S/C63H97N19O26/c1-29(2)19-37(57(102)73-32(6)53(98)76-35(15-17-48(91)92)55(100)70-24-43(85)68-23-42(84)69-25-46(88)82-51(30(3)4)61(106)77-36(62(107)108)13-10-18-67-63(65)66)79-58(103)38(20-33-11-8-7-9-12-33)80-59(104)39(21-49(93)94)75-45(87)27-71-54(99)34(14-16-47(89)90)74-44(86)26-72-56(101)41(28-83)81-60(105)40(22-50(95)96)78-52(97)31(5)64/h7-9,11-12,29-32,34-41,51,83H,10,13-28,64H2,1-6H3,(H,68,85)(H,69,84)(H,70,100)(H,71,99)(H,72,101)(H,73,102)(H,74,86)(H,75,87)(H,76,98)(H,77,106)(H,78,97)(H,79,103)(H,80,104)(H,81,105)(H,82,88)(H,89,90)(H,91,92)(H,93,94)(H,95,96)(H,107,108)(H4,65,66,67)/t31-,32-,34-,35-,36-,37-,38+,39-,40-,41-,51-/m0/s1. The maximum Gasteiger partial charge on any atom is 0.326 e. The molecule has 0 aliphatic heterocycles. The largest absolute Gasteiger partial charge is 0.481 e. The van der Waals surface area contributed by atoms with Gasteiger partial charge in [-0.1, -0.05) is 58.0 Å². The van der Waals surface area contributed by atoms with E-state index in [9.17, 15) is 127 Å². The van der Waals surface area contributed by atoms with Gasteiger partial charge >= 0.3 is 29.8 Å². The van der Waals surface area contributed by atoms with Gasteiger partial charge in [0.25, 0.3) is 0 Å². The number of nitrogens with one attached hydrogen (secondary N) is 15. The number of aliphatic imine (C=N–C) groups is 1. The normalized spacial score (nSPS) is 13.8. The molecular weight excluding hydrogens is 1440 g/mol. The number of benzene rings is 1. The van der Waals surface area contributed by atoms with Crippen LogP contribution in [0.2, 0.25) is 0 Å². The van der Waals surface area contributed by atoms with Crippen molar-refractivity contribution in [3.63, 3.8) is 0 Å². The molecule has 108 heavy (non-hydrogen) atoms. The molecule has 0 spiro atoms. The van der Waals surface area contributed by atoms with Crippen molar-refractivity contribution in [2.24, 2.45) is 34.0 Å². The van der Waals surface area contributed by atoms with Crippen molar-refractivity contribution in [1.82, 2.24) is 79.8 Å². The second-order valence-corrected chi connectivity index (χ2v) is 25.0. The summed E-state index contributed by atoms with van der Waals surface area (Å²) >= 11 is 0. The lowest BCUT2D eigenvalue weighted by Crippen LogP contribution is -2.59. The summed E-state index contributed by atoms with van der Waals surface area (Å²) in [6.45, 7) is 3.35. The Hall–Kier alpha value is -12.2. The molecule has 15 amide bonds. The summed E-state index contributed by atoms with van der Waals surface area (Å²) in [7, 11) is 0. The van der Waals surface area contributed by atoms with Crippen molar-refractivity contribution < 1.29 is 127 Å². The monoisotopic (exact) mass is 1540 g/mol. The number of carboxylic acids is 5. The van der Waals surface area contributed by atoms with Crippen LogP contribution in [0.5, 0.6) is 0 Å². The van der Waals surface area contributed by atoms with Crippen LogP contribution in [0.25, 0.3) is 0 Å². The Labute approximate surface area is 616 Å². The Balaban J connectivity index is 3.17. The number of guanidine groups is 1. The summed E-state index contributed by atoms with van der Waals surface area (Å²) in [6, 6.07) is -9.82. The van der Waals surface area contributed by atoms with Crippen molar-refractivity contribution >= 4 is 124 Å². The number of hydrogen-bond acceptors (Lipinski definition) is 23. The van der Waals surface area contributed by atoms with Crippen LogP contribution in [0.4, 0.5) is 0 Å². The predicted molar refractivity (Wildman–Crippen MR) is 371 cm³/mol. The third kappa shape index (κ3) is 39.1. The summed E-state index contributed by atoms with van der Waals surface area (Å²) in [4.78, 5) is 260. The van der Waals surface area contributed by atoms with Crippen LogP contribution in [0, 0.1) is 11.8 Å². The molecule has 0 aromatic heterocycles. The van der Waals surface area contributed by atoms with Gasteiger partial charge in [0.05, 0.1) is 58.2 Å². The SMILES string of the molecule is CC(C)C[C@H](NC(=O)[C@@H](Cc1ccccc1)NC(=O)[C@H](CC(=O)O)NC(=O)CNC(=O)[C@H](CCC(=O)O)NC(=O)CNC(=O)[C@H](CO)NC(=O)[C@H](CC(=O)O)NC(=O)[C@H](C)N)C(=O)N[C@@H](C)C(=O)N[C@@H](CCC(=O)O)C(=O)NCC(=O)NCC(=O)NCC(=O)N[C@H](C(=O)N[C@@H](CCCN=C(N)N)C(=O)O)C(C)C. The summed E-state index contributed by atoms with van der Waals surface area (Å²) in [5.41, 5.74) is 16.4. The first kappa shape index (κ1) is 93.8. The number of carbonyl (C=O) groups excluding carboxylic acids is 15. The zero-order chi connectivity index (χ0) is 82.1. The van der Waals surface area contributed by atoms with E-state index in [0.717, 1.165) is 6.92 Å². The summed E-state index contributed by atoms with van der Waals surface area (Å²) in [5.74, 6) is -24.9. The lowest BCUT2D eigenvalue weighted by molar-refractivity contribution is -0.143. The maximum atomic E-state index is 14.3. The van der Waals surface area contributed by atoms with E-state index in [1.54, 1.807) is 45.9 Å². The lowest BCUT2D eigenvalue weighted by atomic mass is 10.0. The minimum absolute atomic E-state index is 0.0559. The number of hydrogen-bond donors (Lipinski definition) is 24. The molecule has 27 N–H and O–H groups in total. The summed E-state index contributed by atoms with van der Waals surface area (Å²) < 4.78 is 0. The number of nitrogens with zero attached hydrogens (tertiary/aromatic N) is 1. The number of aliphatic carboxylic acids is 5. The Morgan fingerprint density at radius 3 is 1.26 bits per heavy atom. The van der Waals surface area contributed by atoms with Crippen molar-refractivity contribution in [1.29, 1.82) is 0 Å². The molecule has 0 unspecified atom stereocenters. The minimum Gasteiger partial charge on any atom is -0.481 e. The number of amides is 15. The third-order valence-corrected chi connectivity index (χ3v) is 14.8. The third-order valence-electron chi connectivity index (χ3n) is 14.8. The highest BCUT2D eigenvalue weighted by Crippen LogP contribution is 2.11. The zero-order valence-electron chi connectivity index (χ0n) is 59.9. The number of aliphatic hydroxyl groups is 1. The van der Waals surface area contributed by atoms with Gasteiger partial charge in [-0.05, 0) is 63.4 Å². The van der Waals surface area contributed by atoms with E-state index in [1.165, 1.54) is 19.1 Å². The molecule has 0 aliphatic carbocycles. The second kappa shape index (κ2) is 48.8. The van der Waals surface area contributed by atoms with Crippen molar-refractivity contribution in [2.45, 2.75) is 172 Å². The van der Waals surface area contributed by atoms with E-state index in [-0.39, 0.29) is 44.1 Å². The van der Waals surface area contributed by atoms with E-state index >= 15 is 0 Å². The molecule has 1 aromatic carbocycles. The Morgan fingerprint density at radius 1 is 0.398 bits per heavy atom. The topological polar surface area (TPSA) is 734 Å². The molecule has 45 heteroatoms. The minimum atomic E-state index is -2.02. The van der Waals surface area contributed by atoms with Crippen LogP contribution in [0.1, 0.15) is 105 Å². The van der Waals surface area contributed by atoms with E-state index < -0.39 is 269 Å². The van der Waals surface area contributed by atoms with Gasteiger partial charge in [0.2, 0.25) is 88.6 Å². The smallest absolute Gasteiger partial charge is 0.326 e. The zero-order valence-corrected chi connectivity index (χ0v) is 59.9. The van der Waals surface area contributed by atoms with Gasteiger partial charge in [0, 0.05) is 25.8 Å². The first-order chi connectivity index (χ1) is 50.5. The quantitative estimate of drug-likeness (QED) is 0.0164. The van der Waals surface area contributed by atoms with Crippen LogP contribution in [0.3, 0.4) is 0 Å². The molecule has 0 aliphatic rings. The van der Waals surface area contributed by atoms with Gasteiger partial charge in [-0.15, -0.1) is 0 Å². The van der Waals surface area contributed by atoms with E-state index in [4.69, 9.17) is 17.2 Å². The molecule has 0 bridgehead atoms. The molecule has 11 atom stereocenters. The van der Waals surface area contributed by atoms with Crippen molar-refractivity contribution in [2.75, 3.05) is 45.9 Å². The first-order valence-corrected chi connectivity index (χ1v) is 33.5. The molecule has 45 nitrogen and oxygen atoms in total. The Bertz CT molecular complexity index is 3410. The van der Waals surface area contributed by atoms with Crippen molar-refractivity contribution in [3.8, 4) is 0 Å². The van der Waals surface area contributed by atoms with Crippen LogP contribution in [0.15, 0.2) is 35.3 Å². The van der Waals surface area contributed by atoms with Gasteiger partial charge in [-0.3, -0.25) is 96.1 Å². The van der Waals surface area contributed by atoms with Crippen LogP contribution < -0.4 is 97.0 Å². The number of carbonyl (C=O) groups is 20. The molecule has 1 aromatic rings. The molecule has 600 valence electrons. The van der Waals surface area contributed by atoms with Gasteiger partial charge in [-0.2, -0.15) is 0 Å². The number of nitrogens with two attached hydrogens (primary N) is 3. The number of aliphatic hydroxyl groups excluding tert-OH is 1. The highest BCUT2D eigenvalue weighted by Gasteiger charge is 2.36. The highest BCUT2D eigenvalue weighted by atomic mass is 16.4. The van der Waals surface area contributed by atoms with Gasteiger partial charge < -0.3 is 128 Å². The molecule has 0 saturated carbocycles. The van der Waals surface area contributed by atoms with E-state index in [1.807, 2.05) is 10.6 Å². The average Bonchev–Trinajstić information content (AvgIpc) is 0.871. The molecule has 0 heterocycles. The molecule has 0 saturated heterocycles. The predicted octanol–water partition coefficient (Wildman–Crippen LogP) is -10.5. The average molecular weight is 1540 g/mol. The van der Waals surface area contributed by atoms with Gasteiger partial charge in [-0.25, -0.2) is 4.79 Å². The Kier molecular flexibility index (Phi) is 42.4. The maximum absolute atomic E-state index is 14.3. The van der Waals surface area contributed by atoms with E-state index in [2.05, 4.69) is 74.1 Å². The van der Waals surface area contributed by atoms with Crippen LogP contribution in [-0.4, -0.2) is 267 Å². The molecular formula is C63H97N19O26. The molecule has 0 radical (unpaired) electrons. The first-order valence-electron chi connectivity index (χ1n) is 33.5. The number of carboxylic acid groups (broad SMARTS) is 5. The lowest BCUT2D eigenvalue weighted by Gasteiger charge is -2.27. The summed E-state index contributed by atoms with van der Waals surface area (Å²) in [5, 5.41) is 90.4. The molecule has 0 fully saturated rings. The fourth-order valence-electron chi connectivity index (χ4n) is 9.22. The van der Waals surface area contributed by atoms with Crippen molar-refractivity contribution in [3.05, 3.63) is 35.9 Å². The second-order valence-electron chi connectivity index (χ2n) is 25.0. The summed E-state index contributed by atoms with van der Waals surface area (Å²) in [6.07, 6.45) is -5.18. The van der Waals surface area contributed by atoms with Gasteiger partial charge in [0.1, 0.15) is 60.4 Å². The number of rotatable bonds is 51. The van der Waals surface area contributed by atoms with Crippen LogP contribution in [-0.2, 0) is 102 Å². The fraction of sp³-hybridized carbons (Fsp3) is 0.571. The van der Waals surface area contributed by atoms with Crippen LogP contribution >= 0.6 is 0 Å². The molecule has 1 rings (SSSR count). The Morgan fingerprint density at radius 2 is 0.796 bits per heavy atom. The van der Waals surface area contributed by atoms with E-state index in [0.29, 0.717) is 5.56 Å².